The summed E-state index contributed by atoms with van der Waals surface area (Å²) in [7, 11) is 0. The Morgan fingerprint density at radius 2 is 2.40 bits per heavy atom. The van der Waals surface area contributed by atoms with Crippen molar-refractivity contribution in [3.63, 3.8) is 0 Å². The second-order valence-corrected chi connectivity index (χ2v) is 3.43. The van der Waals surface area contributed by atoms with Crippen LogP contribution in [-0.4, -0.2) is 16.1 Å². The van der Waals surface area contributed by atoms with Gasteiger partial charge < -0.3 is 9.88 Å². The van der Waals surface area contributed by atoms with E-state index in [1.54, 1.807) is 0 Å². The summed E-state index contributed by atoms with van der Waals surface area (Å²) in [5.74, 6) is 1.08. The van der Waals surface area contributed by atoms with Crippen LogP contribution in [0.5, 0.6) is 0 Å². The van der Waals surface area contributed by atoms with Crippen LogP contribution in [0.2, 0.25) is 0 Å². The van der Waals surface area contributed by atoms with Gasteiger partial charge in [0.15, 0.2) is 0 Å². The number of aryl methyl sites for hydroxylation is 1. The minimum Gasteiger partial charge on any atom is -0.334 e. The summed E-state index contributed by atoms with van der Waals surface area (Å²) in [6, 6.07) is 2.16. The zero-order chi connectivity index (χ0) is 10.9. The number of nitriles is 1. The lowest BCUT2D eigenvalue weighted by atomic mass is 10.2. The number of nitrogens with zero attached hydrogens (tertiary/aromatic N) is 3. The minimum atomic E-state index is 0.650. The third kappa shape index (κ3) is 4.13. The Labute approximate surface area is 90.9 Å². The van der Waals surface area contributed by atoms with Gasteiger partial charge in [-0.3, -0.25) is 0 Å². The molecule has 0 saturated carbocycles. The van der Waals surface area contributed by atoms with E-state index in [1.165, 1.54) is 0 Å². The molecule has 4 nitrogen and oxygen atoms in total. The van der Waals surface area contributed by atoms with Crippen molar-refractivity contribution in [3.8, 4) is 6.07 Å². The van der Waals surface area contributed by atoms with Crippen LogP contribution in [0.3, 0.4) is 0 Å². The van der Waals surface area contributed by atoms with E-state index in [0.29, 0.717) is 6.42 Å². The first-order chi connectivity index (χ1) is 7.38. The standard InChI is InChI=1S/C11H18N4/c1-2-13-10-11-14-7-9-15(11)8-5-3-4-6-12/h7,9,13H,2-5,8,10H2,1H3. The van der Waals surface area contributed by atoms with E-state index in [-0.39, 0.29) is 0 Å². The molecule has 0 fully saturated rings. The summed E-state index contributed by atoms with van der Waals surface area (Å²) >= 11 is 0. The second kappa shape index (κ2) is 7.02. The lowest BCUT2D eigenvalue weighted by Crippen LogP contribution is -2.16. The minimum absolute atomic E-state index is 0.650. The van der Waals surface area contributed by atoms with Gasteiger partial charge >= 0.3 is 0 Å². The van der Waals surface area contributed by atoms with Crippen LogP contribution >= 0.6 is 0 Å². The molecule has 1 heterocycles. The monoisotopic (exact) mass is 206 g/mol. The average molecular weight is 206 g/mol. The Morgan fingerprint density at radius 1 is 1.53 bits per heavy atom. The lowest BCUT2D eigenvalue weighted by molar-refractivity contribution is 0.569. The first-order valence-corrected chi connectivity index (χ1v) is 5.46. The van der Waals surface area contributed by atoms with Gasteiger partial charge in [-0.05, 0) is 19.4 Å². The van der Waals surface area contributed by atoms with Gasteiger partial charge in [0, 0.05) is 25.4 Å². The van der Waals surface area contributed by atoms with Crippen molar-refractivity contribution in [2.75, 3.05) is 6.54 Å². The fraction of sp³-hybridized carbons (Fsp3) is 0.636. The Kier molecular flexibility index (Phi) is 5.49. The molecule has 0 radical (unpaired) electrons. The van der Waals surface area contributed by atoms with E-state index in [1.807, 2.05) is 12.4 Å². The van der Waals surface area contributed by atoms with Crippen molar-refractivity contribution >= 4 is 0 Å². The summed E-state index contributed by atoms with van der Waals surface area (Å²) in [5, 5.41) is 11.7. The SMILES string of the molecule is CCNCc1nccn1CCCCC#N. The third-order valence-electron chi connectivity index (χ3n) is 2.27. The molecule has 0 aliphatic rings. The van der Waals surface area contributed by atoms with E-state index in [4.69, 9.17) is 5.26 Å². The summed E-state index contributed by atoms with van der Waals surface area (Å²) in [6.07, 6.45) is 6.49. The van der Waals surface area contributed by atoms with Crippen molar-refractivity contribution in [1.82, 2.24) is 14.9 Å². The predicted molar refractivity (Wildman–Crippen MR) is 59.1 cm³/mol. The molecular weight excluding hydrogens is 188 g/mol. The predicted octanol–water partition coefficient (Wildman–Crippen LogP) is 1.69. The van der Waals surface area contributed by atoms with Gasteiger partial charge in [0.1, 0.15) is 5.82 Å². The maximum absolute atomic E-state index is 8.42. The molecule has 1 aromatic heterocycles. The number of hydrogen-bond acceptors (Lipinski definition) is 3. The molecule has 0 unspecified atom stereocenters. The number of aromatic nitrogens is 2. The van der Waals surface area contributed by atoms with Crippen molar-refractivity contribution in [2.45, 2.75) is 39.3 Å². The maximum Gasteiger partial charge on any atom is 0.122 e. The first kappa shape index (κ1) is 11.7. The van der Waals surface area contributed by atoms with Gasteiger partial charge in [-0.1, -0.05) is 6.92 Å². The number of nitrogens with one attached hydrogen (secondary N) is 1. The molecule has 0 atom stereocenters. The quantitative estimate of drug-likeness (QED) is 0.691. The summed E-state index contributed by atoms with van der Waals surface area (Å²) < 4.78 is 2.15. The number of rotatable bonds is 7. The fourth-order valence-electron chi connectivity index (χ4n) is 1.43. The highest BCUT2D eigenvalue weighted by Gasteiger charge is 2.00. The normalized spacial score (nSPS) is 10.1. The molecule has 0 aromatic carbocycles. The number of hydrogen-bond donors (Lipinski definition) is 1. The van der Waals surface area contributed by atoms with Gasteiger partial charge in [0.2, 0.25) is 0 Å². The largest absolute Gasteiger partial charge is 0.334 e. The Hall–Kier alpha value is -1.34. The molecule has 0 aliphatic heterocycles. The van der Waals surface area contributed by atoms with E-state index in [2.05, 4.69) is 27.9 Å². The molecule has 15 heavy (non-hydrogen) atoms. The summed E-state index contributed by atoms with van der Waals surface area (Å²) in [6.45, 7) is 4.83. The van der Waals surface area contributed by atoms with Crippen molar-refractivity contribution in [1.29, 1.82) is 5.26 Å². The molecule has 0 amide bonds. The van der Waals surface area contributed by atoms with E-state index in [0.717, 1.165) is 38.3 Å². The highest BCUT2D eigenvalue weighted by molar-refractivity contribution is 4.91. The zero-order valence-electron chi connectivity index (χ0n) is 9.24. The van der Waals surface area contributed by atoms with Gasteiger partial charge in [0.05, 0.1) is 12.6 Å². The van der Waals surface area contributed by atoms with Crippen molar-refractivity contribution in [2.24, 2.45) is 0 Å². The van der Waals surface area contributed by atoms with Gasteiger partial charge in [-0.15, -0.1) is 0 Å². The van der Waals surface area contributed by atoms with Gasteiger partial charge in [-0.2, -0.15) is 5.26 Å². The zero-order valence-corrected chi connectivity index (χ0v) is 9.24. The molecule has 1 N–H and O–H groups in total. The highest BCUT2D eigenvalue weighted by atomic mass is 15.1. The van der Waals surface area contributed by atoms with Crippen LogP contribution in [0.15, 0.2) is 12.4 Å². The Bertz CT molecular complexity index is 311. The van der Waals surface area contributed by atoms with Crippen LogP contribution in [0.1, 0.15) is 32.0 Å². The Morgan fingerprint density at radius 3 is 3.13 bits per heavy atom. The number of imidazole rings is 1. The van der Waals surface area contributed by atoms with Crippen LogP contribution in [0, 0.1) is 11.3 Å². The van der Waals surface area contributed by atoms with E-state index < -0.39 is 0 Å². The van der Waals surface area contributed by atoms with Crippen molar-refractivity contribution < 1.29 is 0 Å². The van der Waals surface area contributed by atoms with Gasteiger partial charge in [-0.25, -0.2) is 4.98 Å². The molecule has 0 spiro atoms. The molecule has 1 aromatic rings. The third-order valence-corrected chi connectivity index (χ3v) is 2.27. The van der Waals surface area contributed by atoms with Crippen LogP contribution in [0.4, 0.5) is 0 Å². The fourth-order valence-corrected chi connectivity index (χ4v) is 1.43. The molecule has 1 rings (SSSR count). The van der Waals surface area contributed by atoms with Crippen LogP contribution in [-0.2, 0) is 13.1 Å². The van der Waals surface area contributed by atoms with Crippen molar-refractivity contribution in [3.05, 3.63) is 18.2 Å². The highest BCUT2D eigenvalue weighted by Crippen LogP contribution is 2.02. The molecule has 82 valence electrons. The Balaban J connectivity index is 2.33. The maximum atomic E-state index is 8.42. The van der Waals surface area contributed by atoms with E-state index in [9.17, 15) is 0 Å². The molecule has 0 saturated heterocycles. The van der Waals surface area contributed by atoms with Crippen LogP contribution in [0.25, 0.3) is 0 Å². The molecular formula is C11H18N4. The topological polar surface area (TPSA) is 53.6 Å². The second-order valence-electron chi connectivity index (χ2n) is 3.43. The van der Waals surface area contributed by atoms with Gasteiger partial charge in [0.25, 0.3) is 0 Å². The molecule has 4 heteroatoms. The first-order valence-electron chi connectivity index (χ1n) is 5.46. The number of unbranched alkanes of at least 4 members (excludes halogenated alkanes) is 2. The lowest BCUT2D eigenvalue weighted by Gasteiger charge is -2.07. The van der Waals surface area contributed by atoms with Crippen LogP contribution < -0.4 is 5.32 Å². The molecule has 0 bridgehead atoms. The molecule has 0 aliphatic carbocycles. The summed E-state index contributed by atoms with van der Waals surface area (Å²) in [4.78, 5) is 4.29. The summed E-state index contributed by atoms with van der Waals surface area (Å²) in [5.41, 5.74) is 0. The average Bonchev–Trinajstić information content (AvgIpc) is 2.69. The smallest absolute Gasteiger partial charge is 0.122 e. The van der Waals surface area contributed by atoms with E-state index >= 15 is 0 Å².